The third kappa shape index (κ3) is 1.71. The summed E-state index contributed by atoms with van der Waals surface area (Å²) in [4.78, 5) is 0. The summed E-state index contributed by atoms with van der Waals surface area (Å²) in [5, 5.41) is 10.3. The molecule has 0 bridgehead atoms. The number of rotatable bonds is 0. The SMILES string of the molecule is Cc1cc(O)c2c(c1)OC(C)(C)c1cccc(C)c1-2. The summed E-state index contributed by atoms with van der Waals surface area (Å²) >= 11 is 0. The fraction of sp³-hybridized carbons (Fsp3) is 0.294. The molecule has 1 aliphatic heterocycles. The summed E-state index contributed by atoms with van der Waals surface area (Å²) in [5.74, 6) is 1.06. The van der Waals surface area contributed by atoms with E-state index < -0.39 is 0 Å². The maximum absolute atomic E-state index is 10.3. The molecule has 2 heteroatoms. The van der Waals surface area contributed by atoms with Crippen molar-refractivity contribution in [2.24, 2.45) is 0 Å². The number of aromatic hydroxyl groups is 1. The molecule has 0 saturated carbocycles. The molecule has 0 unspecified atom stereocenters. The second kappa shape index (κ2) is 3.77. The molecule has 2 nitrogen and oxygen atoms in total. The predicted molar refractivity (Wildman–Crippen MR) is 76.7 cm³/mol. The molecule has 98 valence electrons. The molecule has 0 aromatic heterocycles. The van der Waals surface area contributed by atoms with Crippen molar-refractivity contribution in [2.45, 2.75) is 33.3 Å². The van der Waals surface area contributed by atoms with Crippen molar-refractivity contribution < 1.29 is 9.84 Å². The van der Waals surface area contributed by atoms with Gasteiger partial charge in [0.2, 0.25) is 0 Å². The second-order valence-electron chi connectivity index (χ2n) is 5.77. The van der Waals surface area contributed by atoms with E-state index >= 15 is 0 Å². The number of fused-ring (bicyclic) bond motifs is 3. The number of phenols is 1. The summed E-state index contributed by atoms with van der Waals surface area (Å²) in [5.41, 5.74) is 4.83. The Bertz CT molecular complexity index is 669. The van der Waals surface area contributed by atoms with Gasteiger partial charge in [0.05, 0.1) is 5.56 Å². The van der Waals surface area contributed by atoms with Crippen LogP contribution in [0.5, 0.6) is 11.5 Å². The van der Waals surface area contributed by atoms with Crippen molar-refractivity contribution in [1.29, 1.82) is 0 Å². The van der Waals surface area contributed by atoms with E-state index in [9.17, 15) is 5.11 Å². The van der Waals surface area contributed by atoms with Crippen LogP contribution in [-0.2, 0) is 5.60 Å². The van der Waals surface area contributed by atoms with Crippen LogP contribution < -0.4 is 4.74 Å². The van der Waals surface area contributed by atoms with Crippen LogP contribution in [0.2, 0.25) is 0 Å². The van der Waals surface area contributed by atoms with E-state index in [1.165, 1.54) is 0 Å². The van der Waals surface area contributed by atoms with Crippen molar-refractivity contribution in [3.8, 4) is 22.6 Å². The Morgan fingerprint density at radius 3 is 2.53 bits per heavy atom. The molecule has 1 aliphatic rings. The van der Waals surface area contributed by atoms with Crippen LogP contribution in [0.1, 0.15) is 30.5 Å². The van der Waals surface area contributed by atoms with Crippen molar-refractivity contribution in [3.63, 3.8) is 0 Å². The molecule has 3 rings (SSSR count). The molecule has 2 aromatic rings. The molecular weight excluding hydrogens is 236 g/mol. The van der Waals surface area contributed by atoms with E-state index in [0.717, 1.165) is 33.6 Å². The largest absolute Gasteiger partial charge is 0.507 e. The highest BCUT2D eigenvalue weighted by atomic mass is 16.5. The van der Waals surface area contributed by atoms with Gasteiger partial charge in [-0.05, 0) is 56.5 Å². The highest BCUT2D eigenvalue weighted by Crippen LogP contribution is 2.50. The van der Waals surface area contributed by atoms with E-state index in [1.807, 2.05) is 19.1 Å². The van der Waals surface area contributed by atoms with Crippen LogP contribution in [0.4, 0.5) is 0 Å². The van der Waals surface area contributed by atoms with Crippen LogP contribution in [0.3, 0.4) is 0 Å². The van der Waals surface area contributed by atoms with Gasteiger partial charge < -0.3 is 9.84 Å². The Hall–Kier alpha value is -1.96. The van der Waals surface area contributed by atoms with E-state index in [2.05, 4.69) is 32.9 Å². The topological polar surface area (TPSA) is 29.5 Å². The average Bonchev–Trinajstić information content (AvgIpc) is 2.28. The van der Waals surface area contributed by atoms with Gasteiger partial charge in [-0.3, -0.25) is 0 Å². The Labute approximate surface area is 113 Å². The van der Waals surface area contributed by atoms with Gasteiger partial charge in [-0.15, -0.1) is 0 Å². The second-order valence-corrected chi connectivity index (χ2v) is 5.77. The molecule has 2 aromatic carbocycles. The lowest BCUT2D eigenvalue weighted by atomic mass is 9.83. The number of aryl methyl sites for hydroxylation is 2. The minimum absolute atomic E-state index is 0.293. The third-order valence-electron chi connectivity index (χ3n) is 3.76. The fourth-order valence-electron chi connectivity index (χ4n) is 2.90. The zero-order chi connectivity index (χ0) is 13.8. The van der Waals surface area contributed by atoms with Crippen LogP contribution in [0.25, 0.3) is 11.1 Å². The molecule has 1 N–H and O–H groups in total. The monoisotopic (exact) mass is 254 g/mol. The molecular formula is C17H18O2. The lowest BCUT2D eigenvalue weighted by Crippen LogP contribution is -2.29. The third-order valence-corrected chi connectivity index (χ3v) is 3.76. The number of hydrogen-bond acceptors (Lipinski definition) is 2. The molecule has 0 saturated heterocycles. The average molecular weight is 254 g/mol. The fourth-order valence-corrected chi connectivity index (χ4v) is 2.90. The summed E-state index contributed by atoms with van der Waals surface area (Å²) in [6.07, 6.45) is 0. The van der Waals surface area contributed by atoms with Gasteiger partial charge in [0, 0.05) is 5.56 Å². The van der Waals surface area contributed by atoms with Gasteiger partial charge in [-0.1, -0.05) is 18.2 Å². The lowest BCUT2D eigenvalue weighted by molar-refractivity contribution is 0.105. The number of ether oxygens (including phenoxy) is 1. The number of phenolic OH excluding ortho intramolecular Hbond substituents is 1. The van der Waals surface area contributed by atoms with Gasteiger partial charge in [0.1, 0.15) is 17.1 Å². The minimum atomic E-state index is -0.380. The maximum atomic E-state index is 10.3. The highest BCUT2D eigenvalue weighted by Gasteiger charge is 2.34. The molecule has 0 amide bonds. The van der Waals surface area contributed by atoms with E-state index in [1.54, 1.807) is 6.07 Å². The van der Waals surface area contributed by atoms with Gasteiger partial charge in [-0.25, -0.2) is 0 Å². The van der Waals surface area contributed by atoms with Crippen LogP contribution in [-0.4, -0.2) is 5.11 Å². The zero-order valence-corrected chi connectivity index (χ0v) is 11.7. The molecule has 1 heterocycles. The minimum Gasteiger partial charge on any atom is -0.507 e. The molecule has 19 heavy (non-hydrogen) atoms. The summed E-state index contributed by atoms with van der Waals surface area (Å²) < 4.78 is 6.10. The Kier molecular flexibility index (Phi) is 2.40. The summed E-state index contributed by atoms with van der Waals surface area (Å²) in [6, 6.07) is 9.96. The van der Waals surface area contributed by atoms with Crippen LogP contribution in [0.15, 0.2) is 30.3 Å². The molecule has 0 spiro atoms. The van der Waals surface area contributed by atoms with Gasteiger partial charge in [-0.2, -0.15) is 0 Å². The summed E-state index contributed by atoms with van der Waals surface area (Å²) in [7, 11) is 0. The molecule has 0 radical (unpaired) electrons. The first-order valence-corrected chi connectivity index (χ1v) is 6.53. The van der Waals surface area contributed by atoms with Crippen molar-refractivity contribution in [3.05, 3.63) is 47.0 Å². The maximum Gasteiger partial charge on any atom is 0.132 e. The first-order chi connectivity index (χ1) is 8.90. The molecule has 0 fully saturated rings. The first-order valence-electron chi connectivity index (χ1n) is 6.53. The number of benzene rings is 2. The number of hydrogen-bond donors (Lipinski definition) is 1. The van der Waals surface area contributed by atoms with E-state index in [-0.39, 0.29) is 5.60 Å². The zero-order valence-electron chi connectivity index (χ0n) is 11.7. The lowest BCUT2D eigenvalue weighted by Gasteiger charge is -2.36. The molecule has 0 aliphatic carbocycles. The van der Waals surface area contributed by atoms with Crippen LogP contribution in [0, 0.1) is 13.8 Å². The predicted octanol–water partition coefficient (Wildman–Crippen LogP) is 4.30. The highest BCUT2D eigenvalue weighted by molar-refractivity contribution is 5.84. The van der Waals surface area contributed by atoms with Crippen LogP contribution >= 0.6 is 0 Å². The van der Waals surface area contributed by atoms with Gasteiger partial charge in [0.15, 0.2) is 0 Å². The first kappa shape index (κ1) is 12.1. The van der Waals surface area contributed by atoms with E-state index in [4.69, 9.17) is 4.74 Å². The van der Waals surface area contributed by atoms with Crippen molar-refractivity contribution >= 4 is 0 Å². The van der Waals surface area contributed by atoms with Crippen molar-refractivity contribution in [1.82, 2.24) is 0 Å². The molecule has 0 atom stereocenters. The normalized spacial score (nSPS) is 15.4. The Morgan fingerprint density at radius 2 is 1.79 bits per heavy atom. The summed E-state index contributed by atoms with van der Waals surface area (Å²) in [6.45, 7) is 8.16. The Balaban J connectivity index is 2.42. The Morgan fingerprint density at radius 1 is 1.05 bits per heavy atom. The smallest absolute Gasteiger partial charge is 0.132 e. The van der Waals surface area contributed by atoms with Gasteiger partial charge >= 0.3 is 0 Å². The van der Waals surface area contributed by atoms with E-state index in [0.29, 0.717) is 5.75 Å². The van der Waals surface area contributed by atoms with Gasteiger partial charge in [0.25, 0.3) is 0 Å². The quantitative estimate of drug-likeness (QED) is 0.759. The van der Waals surface area contributed by atoms with Crippen molar-refractivity contribution in [2.75, 3.05) is 0 Å². The standard InChI is InChI=1S/C17H18O2/c1-10-8-13(18)16-14(9-10)19-17(3,4)12-7-5-6-11(2)15(12)16/h5-9,18H,1-4H3.